The second kappa shape index (κ2) is 8.83. The van der Waals surface area contributed by atoms with Crippen LogP contribution in [0.1, 0.15) is 24.0 Å². The van der Waals surface area contributed by atoms with Crippen molar-refractivity contribution in [1.82, 2.24) is 9.80 Å². The van der Waals surface area contributed by atoms with Crippen molar-refractivity contribution in [3.63, 3.8) is 0 Å². The topological polar surface area (TPSA) is 28.2 Å². The zero-order valence-electron chi connectivity index (χ0n) is 18.0. The second-order valence-electron chi connectivity index (χ2n) is 8.75. The first kappa shape index (κ1) is 21.4. The van der Waals surface area contributed by atoms with Crippen LogP contribution in [0.25, 0.3) is 0 Å². The molecule has 3 aliphatic rings. The van der Waals surface area contributed by atoms with Crippen molar-refractivity contribution < 1.29 is 22.6 Å². The Kier molecular flexibility index (Phi) is 5.90. The maximum Gasteiger partial charge on any atom is 0.416 e. The Labute approximate surface area is 186 Å². The Morgan fingerprint density at radius 1 is 0.938 bits per heavy atom. The predicted molar refractivity (Wildman–Crippen MR) is 116 cm³/mol. The molecule has 3 aliphatic heterocycles. The fraction of sp³-hybridized carbons (Fsp3) is 0.500. The fourth-order valence-electron chi connectivity index (χ4n) is 5.05. The first-order valence-corrected chi connectivity index (χ1v) is 11.2. The molecule has 0 aromatic heterocycles. The van der Waals surface area contributed by atoms with Crippen LogP contribution in [0, 0.1) is 0 Å². The highest BCUT2D eigenvalue weighted by Crippen LogP contribution is 2.36. The van der Waals surface area contributed by atoms with Gasteiger partial charge in [-0.1, -0.05) is 18.2 Å². The molecule has 0 saturated carbocycles. The van der Waals surface area contributed by atoms with Crippen LogP contribution in [0.3, 0.4) is 0 Å². The minimum Gasteiger partial charge on any atom is -0.454 e. The molecule has 1 unspecified atom stereocenters. The number of piperazine rings is 1. The molecule has 5 nitrogen and oxygen atoms in total. The number of likely N-dealkylation sites (tertiary alicyclic amines) is 1. The van der Waals surface area contributed by atoms with Crippen LogP contribution in [-0.4, -0.2) is 61.9 Å². The fourth-order valence-corrected chi connectivity index (χ4v) is 5.05. The van der Waals surface area contributed by atoms with Gasteiger partial charge in [0.25, 0.3) is 0 Å². The van der Waals surface area contributed by atoms with E-state index in [-0.39, 0.29) is 6.79 Å². The zero-order valence-corrected chi connectivity index (χ0v) is 18.0. The average molecular weight is 448 g/mol. The number of nitrogens with zero attached hydrogens (tertiary/aromatic N) is 3. The zero-order chi connectivity index (χ0) is 22.1. The molecular formula is C24H28F3N3O2. The first-order chi connectivity index (χ1) is 15.5. The molecule has 0 N–H and O–H groups in total. The SMILES string of the molecule is FC(F)(F)c1cccc(N2CCN(C3CCCN(Cc4cccc5c4OCO5)C3)CC2)c1. The Hall–Kier alpha value is -2.45. The summed E-state index contributed by atoms with van der Waals surface area (Å²) in [7, 11) is 0. The molecule has 0 amide bonds. The summed E-state index contributed by atoms with van der Waals surface area (Å²) in [6.45, 7) is 6.40. The van der Waals surface area contributed by atoms with Gasteiger partial charge in [0.05, 0.1) is 5.56 Å². The van der Waals surface area contributed by atoms with Crippen LogP contribution in [-0.2, 0) is 12.7 Å². The Morgan fingerprint density at radius 3 is 2.56 bits per heavy atom. The standard InChI is InChI=1S/C24H28F3N3O2/c25-24(26,27)19-5-2-6-20(14-19)29-10-12-30(13-11-29)21-7-3-9-28(16-21)15-18-4-1-8-22-23(18)32-17-31-22/h1-2,4-6,8,14,21H,3,7,9-13,15-17H2. The Bertz CT molecular complexity index is 944. The number of hydrogen-bond acceptors (Lipinski definition) is 5. The van der Waals surface area contributed by atoms with E-state index < -0.39 is 11.7 Å². The van der Waals surface area contributed by atoms with Gasteiger partial charge in [0.15, 0.2) is 11.5 Å². The van der Waals surface area contributed by atoms with Crippen molar-refractivity contribution in [3.8, 4) is 11.5 Å². The average Bonchev–Trinajstić information content (AvgIpc) is 3.29. The van der Waals surface area contributed by atoms with E-state index in [0.717, 1.165) is 81.8 Å². The van der Waals surface area contributed by atoms with E-state index in [2.05, 4.69) is 20.8 Å². The third-order valence-corrected chi connectivity index (χ3v) is 6.72. The summed E-state index contributed by atoms with van der Waals surface area (Å²) in [4.78, 5) is 7.05. The van der Waals surface area contributed by atoms with E-state index in [0.29, 0.717) is 11.7 Å². The van der Waals surface area contributed by atoms with Crippen LogP contribution in [0.15, 0.2) is 42.5 Å². The van der Waals surface area contributed by atoms with E-state index >= 15 is 0 Å². The van der Waals surface area contributed by atoms with Crippen molar-refractivity contribution in [2.45, 2.75) is 31.6 Å². The van der Waals surface area contributed by atoms with Gasteiger partial charge in [0.1, 0.15) is 0 Å². The summed E-state index contributed by atoms with van der Waals surface area (Å²) in [6.07, 6.45) is -2.00. The van der Waals surface area contributed by atoms with E-state index in [9.17, 15) is 13.2 Å². The summed E-state index contributed by atoms with van der Waals surface area (Å²) >= 11 is 0. The van der Waals surface area contributed by atoms with Gasteiger partial charge in [-0.05, 0) is 43.7 Å². The van der Waals surface area contributed by atoms with Gasteiger partial charge in [-0.15, -0.1) is 0 Å². The summed E-state index contributed by atoms with van der Waals surface area (Å²) in [5.41, 5.74) is 1.24. The summed E-state index contributed by atoms with van der Waals surface area (Å²) in [5, 5.41) is 0. The highest BCUT2D eigenvalue weighted by atomic mass is 19.4. The molecule has 8 heteroatoms. The number of alkyl halides is 3. The summed E-state index contributed by atoms with van der Waals surface area (Å²) in [6, 6.07) is 12.2. The predicted octanol–water partition coefficient (Wildman–Crippen LogP) is 4.22. The lowest BCUT2D eigenvalue weighted by atomic mass is 10.0. The molecule has 172 valence electrons. The highest BCUT2D eigenvalue weighted by molar-refractivity contribution is 5.50. The summed E-state index contributed by atoms with van der Waals surface area (Å²) in [5.74, 6) is 1.69. The van der Waals surface area contributed by atoms with Crippen molar-refractivity contribution in [2.75, 3.05) is 51.0 Å². The molecule has 0 radical (unpaired) electrons. The molecule has 0 aliphatic carbocycles. The number of fused-ring (bicyclic) bond motifs is 1. The van der Waals surface area contributed by atoms with Gasteiger partial charge in [0.2, 0.25) is 6.79 Å². The van der Waals surface area contributed by atoms with Gasteiger partial charge in [-0.3, -0.25) is 9.80 Å². The second-order valence-corrected chi connectivity index (χ2v) is 8.75. The molecule has 2 saturated heterocycles. The Balaban J connectivity index is 1.18. The lowest BCUT2D eigenvalue weighted by Gasteiger charge is -2.44. The van der Waals surface area contributed by atoms with Crippen molar-refractivity contribution in [2.24, 2.45) is 0 Å². The molecule has 2 aromatic carbocycles. The molecule has 1 atom stereocenters. The minimum absolute atomic E-state index is 0.283. The van der Waals surface area contributed by atoms with Gasteiger partial charge >= 0.3 is 6.18 Å². The molecule has 2 aromatic rings. The number of para-hydroxylation sites is 1. The quantitative estimate of drug-likeness (QED) is 0.700. The van der Waals surface area contributed by atoms with Crippen LogP contribution >= 0.6 is 0 Å². The van der Waals surface area contributed by atoms with Crippen LogP contribution in [0.4, 0.5) is 18.9 Å². The number of ether oxygens (including phenoxy) is 2. The Morgan fingerprint density at radius 2 is 1.75 bits per heavy atom. The van der Waals surface area contributed by atoms with E-state index in [4.69, 9.17) is 9.47 Å². The maximum absolute atomic E-state index is 13.1. The number of benzene rings is 2. The van der Waals surface area contributed by atoms with Gasteiger partial charge in [0, 0.05) is 56.6 Å². The number of hydrogen-bond donors (Lipinski definition) is 0. The number of halogens is 3. The molecule has 32 heavy (non-hydrogen) atoms. The molecular weight excluding hydrogens is 419 g/mol. The lowest BCUT2D eigenvalue weighted by molar-refractivity contribution is -0.137. The summed E-state index contributed by atoms with van der Waals surface area (Å²) < 4.78 is 50.3. The smallest absolute Gasteiger partial charge is 0.416 e. The van der Waals surface area contributed by atoms with Crippen LogP contribution < -0.4 is 14.4 Å². The third kappa shape index (κ3) is 4.52. The third-order valence-electron chi connectivity index (χ3n) is 6.72. The number of piperidine rings is 1. The van der Waals surface area contributed by atoms with E-state index in [1.54, 1.807) is 6.07 Å². The molecule has 2 fully saturated rings. The number of anilines is 1. The monoisotopic (exact) mass is 447 g/mol. The van der Waals surface area contributed by atoms with Crippen LogP contribution in [0.2, 0.25) is 0 Å². The van der Waals surface area contributed by atoms with Gasteiger partial charge < -0.3 is 14.4 Å². The van der Waals surface area contributed by atoms with Crippen molar-refractivity contribution in [3.05, 3.63) is 53.6 Å². The van der Waals surface area contributed by atoms with Gasteiger partial charge in [-0.2, -0.15) is 13.2 Å². The molecule has 0 spiro atoms. The molecule has 3 heterocycles. The molecule has 5 rings (SSSR count). The minimum atomic E-state index is -4.31. The van der Waals surface area contributed by atoms with Crippen molar-refractivity contribution in [1.29, 1.82) is 0 Å². The molecule has 0 bridgehead atoms. The maximum atomic E-state index is 13.1. The van der Waals surface area contributed by atoms with E-state index in [1.165, 1.54) is 12.1 Å². The van der Waals surface area contributed by atoms with Gasteiger partial charge in [-0.25, -0.2) is 0 Å². The van der Waals surface area contributed by atoms with Crippen LogP contribution in [0.5, 0.6) is 11.5 Å². The number of rotatable bonds is 4. The van der Waals surface area contributed by atoms with E-state index in [1.807, 2.05) is 12.1 Å². The highest BCUT2D eigenvalue weighted by Gasteiger charge is 2.32. The van der Waals surface area contributed by atoms with Crippen molar-refractivity contribution >= 4 is 5.69 Å². The first-order valence-electron chi connectivity index (χ1n) is 11.2. The lowest BCUT2D eigenvalue weighted by Crippen LogP contribution is -2.55. The largest absolute Gasteiger partial charge is 0.454 e. The normalized spacial score (nSPS) is 22.3.